The third-order valence-electron chi connectivity index (χ3n) is 2.55. The van der Waals surface area contributed by atoms with Gasteiger partial charge in [0.05, 0.1) is 11.3 Å². The zero-order chi connectivity index (χ0) is 11.7. The Morgan fingerprint density at radius 3 is 2.44 bits per heavy atom. The summed E-state index contributed by atoms with van der Waals surface area (Å²) >= 11 is 0. The Kier molecular flexibility index (Phi) is 2.60. The predicted octanol–water partition coefficient (Wildman–Crippen LogP) is 3.32. The Morgan fingerprint density at radius 2 is 1.81 bits per heavy atom. The smallest absolute Gasteiger partial charge is 0.135 e. The van der Waals surface area contributed by atoms with E-state index < -0.39 is 11.6 Å². The van der Waals surface area contributed by atoms with Crippen molar-refractivity contribution in [1.29, 1.82) is 0 Å². The van der Waals surface area contributed by atoms with Gasteiger partial charge in [0, 0.05) is 12.7 Å². The van der Waals surface area contributed by atoms with Crippen molar-refractivity contribution in [2.45, 2.75) is 0 Å². The van der Waals surface area contributed by atoms with Crippen LogP contribution < -0.4 is 0 Å². The average molecular weight is 219 g/mol. The zero-order valence-corrected chi connectivity index (χ0v) is 8.87. The first-order valence-electron chi connectivity index (χ1n) is 4.86. The Labute approximate surface area is 93.0 Å². The lowest BCUT2D eigenvalue weighted by Gasteiger charge is -2.26. The molecule has 1 heterocycles. The SMILES string of the molecule is C=C1C=CC=C(c2c(F)cccc2F)N1C. The molecule has 0 saturated heterocycles. The first-order valence-corrected chi connectivity index (χ1v) is 4.86. The molecule has 1 aliphatic heterocycles. The van der Waals surface area contributed by atoms with Crippen LogP contribution in [0.15, 0.2) is 48.7 Å². The number of hydrogen-bond donors (Lipinski definition) is 0. The largest absolute Gasteiger partial charge is 0.344 e. The van der Waals surface area contributed by atoms with Gasteiger partial charge in [0.1, 0.15) is 11.6 Å². The fourth-order valence-corrected chi connectivity index (χ4v) is 1.62. The van der Waals surface area contributed by atoms with Crippen molar-refractivity contribution in [1.82, 2.24) is 4.90 Å². The molecule has 16 heavy (non-hydrogen) atoms. The zero-order valence-electron chi connectivity index (χ0n) is 8.87. The summed E-state index contributed by atoms with van der Waals surface area (Å²) in [6, 6.07) is 3.84. The van der Waals surface area contributed by atoms with Gasteiger partial charge >= 0.3 is 0 Å². The molecule has 1 aromatic rings. The van der Waals surface area contributed by atoms with Crippen molar-refractivity contribution in [2.24, 2.45) is 0 Å². The molecule has 0 N–H and O–H groups in total. The highest BCUT2D eigenvalue weighted by atomic mass is 19.1. The molecule has 1 nitrogen and oxygen atoms in total. The first-order chi connectivity index (χ1) is 7.61. The van der Waals surface area contributed by atoms with Crippen molar-refractivity contribution >= 4 is 5.70 Å². The normalized spacial score (nSPS) is 15.3. The molecule has 0 radical (unpaired) electrons. The van der Waals surface area contributed by atoms with Crippen LogP contribution in [0.3, 0.4) is 0 Å². The lowest BCUT2D eigenvalue weighted by atomic mass is 10.1. The van der Waals surface area contributed by atoms with E-state index in [4.69, 9.17) is 0 Å². The lowest BCUT2D eigenvalue weighted by molar-refractivity contribution is 0.550. The molecule has 0 aliphatic carbocycles. The number of halogens is 2. The lowest BCUT2D eigenvalue weighted by Crippen LogP contribution is -2.18. The Morgan fingerprint density at radius 1 is 1.19 bits per heavy atom. The number of allylic oxidation sites excluding steroid dienone is 3. The molecule has 0 unspecified atom stereocenters. The van der Waals surface area contributed by atoms with Gasteiger partial charge in [-0.15, -0.1) is 0 Å². The summed E-state index contributed by atoms with van der Waals surface area (Å²) in [4.78, 5) is 1.65. The highest BCUT2D eigenvalue weighted by Gasteiger charge is 2.18. The second-order valence-electron chi connectivity index (χ2n) is 3.56. The van der Waals surface area contributed by atoms with Gasteiger partial charge in [0.25, 0.3) is 0 Å². The summed E-state index contributed by atoms with van der Waals surface area (Å²) in [5.41, 5.74) is 1.15. The topological polar surface area (TPSA) is 3.24 Å². The molecule has 82 valence electrons. The third-order valence-corrected chi connectivity index (χ3v) is 2.55. The number of benzene rings is 1. The molecule has 0 spiro atoms. The highest BCUT2D eigenvalue weighted by Crippen LogP contribution is 2.28. The van der Waals surface area contributed by atoms with Crippen LogP contribution in [0.2, 0.25) is 0 Å². The molecule has 0 atom stereocenters. The number of rotatable bonds is 1. The second kappa shape index (κ2) is 3.93. The molecule has 3 heteroatoms. The van der Waals surface area contributed by atoms with Crippen LogP contribution in [0.1, 0.15) is 5.56 Å². The van der Waals surface area contributed by atoms with Crippen molar-refractivity contribution in [3.05, 3.63) is 65.9 Å². The van der Waals surface area contributed by atoms with E-state index >= 15 is 0 Å². The van der Waals surface area contributed by atoms with Gasteiger partial charge in [0.2, 0.25) is 0 Å². The highest BCUT2D eigenvalue weighted by molar-refractivity contribution is 5.70. The maximum Gasteiger partial charge on any atom is 0.135 e. The molecule has 0 fully saturated rings. The summed E-state index contributed by atoms with van der Waals surface area (Å²) in [6.07, 6.45) is 5.17. The summed E-state index contributed by atoms with van der Waals surface area (Å²) in [7, 11) is 1.73. The number of likely N-dealkylation sites (N-methyl/N-ethyl adjacent to an activating group) is 1. The summed E-state index contributed by atoms with van der Waals surface area (Å²) in [5, 5.41) is 0. The molecule has 0 bridgehead atoms. The van der Waals surface area contributed by atoms with Gasteiger partial charge in [-0.25, -0.2) is 8.78 Å². The molecular weight excluding hydrogens is 208 g/mol. The molecular formula is C13H11F2N. The predicted molar refractivity (Wildman–Crippen MR) is 60.4 cm³/mol. The molecule has 1 aliphatic rings. The Bertz CT molecular complexity index is 480. The Hall–Kier alpha value is -1.90. The van der Waals surface area contributed by atoms with E-state index in [1.54, 1.807) is 30.2 Å². The van der Waals surface area contributed by atoms with Crippen LogP contribution in [-0.2, 0) is 0 Å². The maximum atomic E-state index is 13.6. The quantitative estimate of drug-likeness (QED) is 0.700. The number of hydrogen-bond acceptors (Lipinski definition) is 1. The van der Waals surface area contributed by atoms with Gasteiger partial charge in [-0.05, 0) is 24.3 Å². The van der Waals surface area contributed by atoms with Crippen LogP contribution in [0, 0.1) is 11.6 Å². The van der Waals surface area contributed by atoms with E-state index in [-0.39, 0.29) is 5.56 Å². The fraction of sp³-hybridized carbons (Fsp3) is 0.0769. The minimum absolute atomic E-state index is 0.0181. The van der Waals surface area contributed by atoms with Gasteiger partial charge in [-0.3, -0.25) is 0 Å². The van der Waals surface area contributed by atoms with E-state index in [0.717, 1.165) is 0 Å². The van der Waals surface area contributed by atoms with E-state index in [1.807, 2.05) is 0 Å². The van der Waals surface area contributed by atoms with Crippen molar-refractivity contribution in [3.8, 4) is 0 Å². The van der Waals surface area contributed by atoms with Gasteiger partial charge in [-0.1, -0.05) is 18.7 Å². The van der Waals surface area contributed by atoms with E-state index in [2.05, 4.69) is 6.58 Å². The van der Waals surface area contributed by atoms with Crippen LogP contribution in [0.5, 0.6) is 0 Å². The summed E-state index contributed by atoms with van der Waals surface area (Å²) in [6.45, 7) is 3.78. The monoisotopic (exact) mass is 219 g/mol. The van der Waals surface area contributed by atoms with Crippen LogP contribution in [0.25, 0.3) is 5.70 Å². The van der Waals surface area contributed by atoms with Crippen molar-refractivity contribution < 1.29 is 8.78 Å². The minimum atomic E-state index is -0.568. The third kappa shape index (κ3) is 1.65. The second-order valence-corrected chi connectivity index (χ2v) is 3.56. The molecule has 0 amide bonds. The van der Waals surface area contributed by atoms with E-state index in [9.17, 15) is 8.78 Å². The average Bonchev–Trinajstić information content (AvgIpc) is 2.24. The summed E-state index contributed by atoms with van der Waals surface area (Å²) < 4.78 is 27.1. The van der Waals surface area contributed by atoms with Crippen molar-refractivity contribution in [3.63, 3.8) is 0 Å². The van der Waals surface area contributed by atoms with E-state index in [1.165, 1.54) is 18.2 Å². The summed E-state index contributed by atoms with van der Waals surface area (Å²) in [5.74, 6) is -1.14. The first kappa shape index (κ1) is 10.6. The van der Waals surface area contributed by atoms with Crippen LogP contribution in [0.4, 0.5) is 8.78 Å². The number of nitrogens with zero attached hydrogens (tertiary/aromatic N) is 1. The molecule has 2 rings (SSSR count). The fourth-order valence-electron chi connectivity index (χ4n) is 1.62. The van der Waals surface area contributed by atoms with Crippen molar-refractivity contribution in [2.75, 3.05) is 7.05 Å². The molecule has 0 saturated carbocycles. The molecule has 1 aromatic carbocycles. The van der Waals surface area contributed by atoms with Gasteiger partial charge in [-0.2, -0.15) is 0 Å². The maximum absolute atomic E-state index is 13.6. The van der Waals surface area contributed by atoms with Crippen LogP contribution >= 0.6 is 0 Å². The Balaban J connectivity index is 2.57. The van der Waals surface area contributed by atoms with E-state index in [0.29, 0.717) is 11.4 Å². The van der Waals surface area contributed by atoms with Gasteiger partial charge in [0.15, 0.2) is 0 Å². The van der Waals surface area contributed by atoms with Crippen LogP contribution in [-0.4, -0.2) is 11.9 Å². The standard InChI is InChI=1S/C13H11F2N/c1-9-5-3-8-12(16(9)2)13-10(14)6-4-7-11(13)15/h3-8H,1H2,2H3. The van der Waals surface area contributed by atoms with Gasteiger partial charge < -0.3 is 4.90 Å². The molecule has 0 aromatic heterocycles. The minimum Gasteiger partial charge on any atom is -0.344 e.